The van der Waals surface area contributed by atoms with E-state index in [9.17, 15) is 9.59 Å². The van der Waals surface area contributed by atoms with E-state index < -0.39 is 6.04 Å². The largest absolute Gasteiger partial charge is 0.486 e. The number of anilines is 1. The third kappa shape index (κ3) is 4.91. The molecule has 2 amide bonds. The normalized spacial score (nSPS) is 14.3. The summed E-state index contributed by atoms with van der Waals surface area (Å²) in [4.78, 5) is 30.2. The van der Waals surface area contributed by atoms with Crippen LogP contribution in [-0.4, -0.2) is 36.1 Å². The van der Waals surface area contributed by atoms with Crippen molar-refractivity contribution in [1.29, 1.82) is 0 Å². The van der Waals surface area contributed by atoms with Gasteiger partial charge in [0.05, 0.1) is 5.69 Å². The van der Waals surface area contributed by atoms with Gasteiger partial charge in [0.2, 0.25) is 5.91 Å². The Morgan fingerprint density at radius 2 is 1.84 bits per heavy atom. The minimum Gasteiger partial charge on any atom is -0.486 e. The number of benzene rings is 2. The Balaban J connectivity index is 1.47. The van der Waals surface area contributed by atoms with Crippen LogP contribution in [0, 0.1) is 5.92 Å². The number of carbonyl (C=O) groups excluding carboxylic acids is 2. The number of aromatic nitrogens is 1. The van der Waals surface area contributed by atoms with Gasteiger partial charge in [-0.25, -0.2) is 4.98 Å². The number of hydrogen-bond donors (Lipinski definition) is 2. The molecule has 0 bridgehead atoms. The Labute approximate surface area is 190 Å². The minimum atomic E-state index is -0.672. The average Bonchev–Trinajstić information content (AvgIpc) is 3.30. The molecule has 0 saturated carbocycles. The molecule has 1 aliphatic heterocycles. The molecule has 166 valence electrons. The average molecular weight is 452 g/mol. The van der Waals surface area contributed by atoms with Crippen LogP contribution in [-0.2, 0) is 4.79 Å². The van der Waals surface area contributed by atoms with Gasteiger partial charge in [-0.2, -0.15) is 0 Å². The zero-order valence-electron chi connectivity index (χ0n) is 18.0. The van der Waals surface area contributed by atoms with Crippen LogP contribution in [0.15, 0.2) is 53.9 Å². The molecule has 8 heteroatoms. The topological polar surface area (TPSA) is 89.6 Å². The molecule has 0 saturated heterocycles. The molecule has 0 fully saturated rings. The second-order valence-electron chi connectivity index (χ2n) is 7.59. The molecule has 0 spiro atoms. The summed E-state index contributed by atoms with van der Waals surface area (Å²) in [6.07, 6.45) is 0.744. The number of fused-ring (bicyclic) bond motifs is 1. The van der Waals surface area contributed by atoms with Gasteiger partial charge in [0, 0.05) is 16.5 Å². The van der Waals surface area contributed by atoms with Gasteiger partial charge >= 0.3 is 0 Å². The third-order valence-electron chi connectivity index (χ3n) is 5.39. The molecule has 4 rings (SSSR count). The Kier molecular flexibility index (Phi) is 6.70. The molecule has 3 aromatic rings. The maximum atomic E-state index is 13.0. The van der Waals surface area contributed by atoms with Crippen molar-refractivity contribution in [2.24, 2.45) is 5.92 Å². The van der Waals surface area contributed by atoms with Crippen LogP contribution in [0.1, 0.15) is 30.6 Å². The summed E-state index contributed by atoms with van der Waals surface area (Å²) < 4.78 is 11.2. The standard InChI is InChI=1S/C24H25N3O4S/c1-3-15(2)21(26-22(28)16-7-5-4-6-8-16)23(29)27-24-25-18(14-32-24)17-9-10-19-20(13-17)31-12-11-30-19/h4-10,13-15,21H,3,11-12H2,1-2H3,(H,26,28)(H,25,27,29). The Hall–Kier alpha value is -3.39. The van der Waals surface area contributed by atoms with E-state index in [1.165, 1.54) is 11.3 Å². The smallest absolute Gasteiger partial charge is 0.251 e. The third-order valence-corrected chi connectivity index (χ3v) is 6.15. The molecule has 0 radical (unpaired) electrons. The summed E-state index contributed by atoms with van der Waals surface area (Å²) in [7, 11) is 0. The van der Waals surface area contributed by atoms with Gasteiger partial charge in [-0.3, -0.25) is 9.59 Å². The number of carbonyl (C=O) groups is 2. The van der Waals surface area contributed by atoms with Gasteiger partial charge in [-0.05, 0) is 36.2 Å². The van der Waals surface area contributed by atoms with E-state index in [1.807, 2.05) is 43.5 Å². The number of rotatable bonds is 7. The molecule has 2 heterocycles. The van der Waals surface area contributed by atoms with E-state index in [1.54, 1.807) is 24.3 Å². The van der Waals surface area contributed by atoms with Crippen molar-refractivity contribution in [3.8, 4) is 22.8 Å². The molecule has 1 aliphatic rings. The highest BCUT2D eigenvalue weighted by atomic mass is 32.1. The van der Waals surface area contributed by atoms with Gasteiger partial charge in [0.25, 0.3) is 5.91 Å². The van der Waals surface area contributed by atoms with Crippen molar-refractivity contribution < 1.29 is 19.1 Å². The van der Waals surface area contributed by atoms with Crippen LogP contribution in [0.4, 0.5) is 5.13 Å². The van der Waals surface area contributed by atoms with E-state index in [0.29, 0.717) is 35.4 Å². The molecule has 2 unspecified atom stereocenters. The second-order valence-corrected chi connectivity index (χ2v) is 8.45. The number of nitrogens with one attached hydrogen (secondary N) is 2. The quantitative estimate of drug-likeness (QED) is 0.557. The number of ether oxygens (including phenoxy) is 2. The Morgan fingerprint density at radius 3 is 2.59 bits per heavy atom. The second kappa shape index (κ2) is 9.82. The zero-order valence-corrected chi connectivity index (χ0v) is 18.8. The maximum Gasteiger partial charge on any atom is 0.251 e. The first-order valence-corrected chi connectivity index (χ1v) is 11.5. The van der Waals surface area contributed by atoms with Crippen molar-refractivity contribution in [1.82, 2.24) is 10.3 Å². The molecule has 2 N–H and O–H groups in total. The van der Waals surface area contributed by atoms with Crippen molar-refractivity contribution in [3.63, 3.8) is 0 Å². The highest BCUT2D eigenvalue weighted by molar-refractivity contribution is 7.14. The first-order chi connectivity index (χ1) is 15.5. The number of hydrogen-bond acceptors (Lipinski definition) is 6. The molecular formula is C24H25N3O4S. The summed E-state index contributed by atoms with van der Waals surface area (Å²) >= 11 is 1.33. The fraction of sp³-hybridized carbons (Fsp3) is 0.292. The summed E-state index contributed by atoms with van der Waals surface area (Å²) in [6.45, 7) is 4.99. The van der Waals surface area contributed by atoms with Crippen molar-refractivity contribution in [2.45, 2.75) is 26.3 Å². The zero-order chi connectivity index (χ0) is 22.5. The fourth-order valence-electron chi connectivity index (χ4n) is 3.37. The molecule has 0 aliphatic carbocycles. The van der Waals surface area contributed by atoms with Crippen LogP contribution in [0.5, 0.6) is 11.5 Å². The van der Waals surface area contributed by atoms with Gasteiger partial charge in [0.15, 0.2) is 16.6 Å². The maximum absolute atomic E-state index is 13.0. The van der Waals surface area contributed by atoms with Crippen LogP contribution in [0.3, 0.4) is 0 Å². The molecule has 2 atom stereocenters. The lowest BCUT2D eigenvalue weighted by Gasteiger charge is -2.23. The first kappa shape index (κ1) is 21.8. The molecule has 1 aromatic heterocycles. The van der Waals surface area contributed by atoms with Crippen LogP contribution in [0.25, 0.3) is 11.3 Å². The molecule has 2 aromatic carbocycles. The summed E-state index contributed by atoms with van der Waals surface area (Å²) in [6, 6.07) is 13.9. The van der Waals surface area contributed by atoms with Crippen molar-refractivity contribution in [2.75, 3.05) is 18.5 Å². The minimum absolute atomic E-state index is 0.0418. The lowest BCUT2D eigenvalue weighted by atomic mass is 9.98. The predicted octanol–water partition coefficient (Wildman–Crippen LogP) is 4.36. The van der Waals surface area contributed by atoms with Crippen LogP contribution >= 0.6 is 11.3 Å². The van der Waals surface area contributed by atoms with Gasteiger partial charge in [-0.1, -0.05) is 38.5 Å². The number of nitrogens with zero attached hydrogens (tertiary/aromatic N) is 1. The van der Waals surface area contributed by atoms with Gasteiger partial charge in [-0.15, -0.1) is 11.3 Å². The highest BCUT2D eigenvalue weighted by Crippen LogP contribution is 2.35. The molecule has 7 nitrogen and oxygen atoms in total. The Bertz CT molecular complexity index is 1100. The summed E-state index contributed by atoms with van der Waals surface area (Å²) in [5.74, 6) is 0.802. The fourth-order valence-corrected chi connectivity index (χ4v) is 4.09. The van der Waals surface area contributed by atoms with E-state index in [2.05, 4.69) is 15.6 Å². The van der Waals surface area contributed by atoms with Crippen LogP contribution < -0.4 is 20.1 Å². The van der Waals surface area contributed by atoms with E-state index >= 15 is 0 Å². The monoisotopic (exact) mass is 451 g/mol. The number of thiazole rings is 1. The summed E-state index contributed by atoms with van der Waals surface area (Å²) in [5.41, 5.74) is 2.13. The Morgan fingerprint density at radius 1 is 1.09 bits per heavy atom. The van der Waals surface area contributed by atoms with Gasteiger partial charge < -0.3 is 20.1 Å². The number of amides is 2. The van der Waals surface area contributed by atoms with E-state index in [-0.39, 0.29) is 17.7 Å². The SMILES string of the molecule is CCC(C)C(NC(=O)c1ccccc1)C(=O)Nc1nc(-c2ccc3c(c2)OCCO3)cs1. The first-order valence-electron chi connectivity index (χ1n) is 10.6. The predicted molar refractivity (Wildman–Crippen MR) is 124 cm³/mol. The van der Waals surface area contributed by atoms with E-state index in [4.69, 9.17) is 9.47 Å². The van der Waals surface area contributed by atoms with Crippen molar-refractivity contribution >= 4 is 28.3 Å². The molecular weight excluding hydrogens is 426 g/mol. The lowest BCUT2D eigenvalue weighted by molar-refractivity contribution is -0.119. The summed E-state index contributed by atoms with van der Waals surface area (Å²) in [5, 5.41) is 8.09. The van der Waals surface area contributed by atoms with Crippen molar-refractivity contribution in [3.05, 3.63) is 59.5 Å². The van der Waals surface area contributed by atoms with E-state index in [0.717, 1.165) is 17.7 Å². The lowest BCUT2D eigenvalue weighted by Crippen LogP contribution is -2.47. The van der Waals surface area contributed by atoms with Crippen LogP contribution in [0.2, 0.25) is 0 Å². The highest BCUT2D eigenvalue weighted by Gasteiger charge is 2.27. The molecule has 32 heavy (non-hydrogen) atoms. The van der Waals surface area contributed by atoms with Gasteiger partial charge in [0.1, 0.15) is 19.3 Å².